The summed E-state index contributed by atoms with van der Waals surface area (Å²) < 4.78 is 5.68. The number of hydrogen-bond acceptors (Lipinski definition) is 2. The Morgan fingerprint density at radius 2 is 2.08 bits per heavy atom. The second kappa shape index (κ2) is 2.52. The molecule has 0 atom stereocenters. The van der Waals surface area contributed by atoms with Crippen LogP contribution in [-0.2, 0) is 0 Å². The Balaban J connectivity index is 2.47. The van der Waals surface area contributed by atoms with Crippen LogP contribution in [0.25, 0.3) is 6.08 Å². The third-order valence-corrected chi connectivity index (χ3v) is 2.03. The van der Waals surface area contributed by atoms with Crippen LogP contribution in [0.15, 0.2) is 24.3 Å². The van der Waals surface area contributed by atoms with E-state index in [1.807, 2.05) is 26.0 Å². The Kier molecular flexibility index (Phi) is 1.59. The molecule has 1 N–H and O–H groups in total. The number of phenols is 1. The average Bonchev–Trinajstić information content (AvgIpc) is 2.05. The average molecular weight is 176 g/mol. The molecule has 1 heterocycles. The van der Waals surface area contributed by atoms with Crippen LogP contribution in [0, 0.1) is 0 Å². The molecule has 1 aliphatic heterocycles. The molecule has 2 heteroatoms. The minimum Gasteiger partial charge on any atom is -0.508 e. The highest BCUT2D eigenvalue weighted by molar-refractivity contribution is 5.62. The van der Waals surface area contributed by atoms with Gasteiger partial charge < -0.3 is 9.84 Å². The molecule has 0 saturated carbocycles. The van der Waals surface area contributed by atoms with Gasteiger partial charge in [0, 0.05) is 5.56 Å². The minimum atomic E-state index is -0.246. The maximum absolute atomic E-state index is 9.23. The van der Waals surface area contributed by atoms with E-state index in [1.54, 1.807) is 18.2 Å². The molecule has 0 unspecified atom stereocenters. The predicted molar refractivity (Wildman–Crippen MR) is 51.8 cm³/mol. The van der Waals surface area contributed by atoms with Crippen LogP contribution in [0.4, 0.5) is 0 Å². The topological polar surface area (TPSA) is 29.5 Å². The van der Waals surface area contributed by atoms with Crippen LogP contribution in [0.2, 0.25) is 0 Å². The van der Waals surface area contributed by atoms with Crippen molar-refractivity contribution in [1.29, 1.82) is 0 Å². The monoisotopic (exact) mass is 176 g/mol. The van der Waals surface area contributed by atoms with Gasteiger partial charge in [-0.05, 0) is 38.1 Å². The van der Waals surface area contributed by atoms with Gasteiger partial charge in [0.2, 0.25) is 0 Å². The number of ether oxygens (including phenoxy) is 1. The van der Waals surface area contributed by atoms with Gasteiger partial charge in [-0.15, -0.1) is 0 Å². The quantitative estimate of drug-likeness (QED) is 0.658. The molecule has 1 aromatic rings. The Morgan fingerprint density at radius 3 is 2.85 bits per heavy atom. The van der Waals surface area contributed by atoms with Gasteiger partial charge >= 0.3 is 0 Å². The van der Waals surface area contributed by atoms with Gasteiger partial charge in [-0.25, -0.2) is 0 Å². The van der Waals surface area contributed by atoms with E-state index in [9.17, 15) is 5.11 Å². The largest absolute Gasteiger partial charge is 0.508 e. The number of fused-ring (bicyclic) bond motifs is 1. The number of hydrogen-bond donors (Lipinski definition) is 1. The number of phenolic OH excluding ortho intramolecular Hbond substituents is 1. The highest BCUT2D eigenvalue weighted by Crippen LogP contribution is 2.32. The predicted octanol–water partition coefficient (Wildman–Crippen LogP) is 2.58. The molecule has 0 amide bonds. The van der Waals surface area contributed by atoms with Crippen molar-refractivity contribution in [2.24, 2.45) is 0 Å². The van der Waals surface area contributed by atoms with Gasteiger partial charge in [-0.1, -0.05) is 6.08 Å². The van der Waals surface area contributed by atoms with Crippen molar-refractivity contribution in [3.63, 3.8) is 0 Å². The molecule has 1 aliphatic rings. The third-order valence-electron chi connectivity index (χ3n) is 2.03. The molecule has 0 aromatic heterocycles. The molecule has 0 fully saturated rings. The lowest BCUT2D eigenvalue weighted by Gasteiger charge is -2.27. The summed E-state index contributed by atoms with van der Waals surface area (Å²) in [6, 6.07) is 5.12. The molecular formula is C11H12O2. The van der Waals surface area contributed by atoms with E-state index in [0.29, 0.717) is 0 Å². The normalized spacial score (nSPS) is 17.7. The number of rotatable bonds is 0. The molecule has 2 nitrogen and oxygen atoms in total. The van der Waals surface area contributed by atoms with Crippen LogP contribution in [0.5, 0.6) is 11.5 Å². The van der Waals surface area contributed by atoms with E-state index >= 15 is 0 Å². The molecule has 0 aliphatic carbocycles. The second-order valence-corrected chi connectivity index (χ2v) is 3.76. The summed E-state index contributed by atoms with van der Waals surface area (Å²) in [7, 11) is 0. The smallest absolute Gasteiger partial charge is 0.128 e. The van der Waals surface area contributed by atoms with Crippen molar-refractivity contribution in [2.75, 3.05) is 0 Å². The molecule has 13 heavy (non-hydrogen) atoms. The van der Waals surface area contributed by atoms with Crippen molar-refractivity contribution < 1.29 is 9.84 Å². The lowest BCUT2D eigenvalue weighted by molar-refractivity contribution is 0.159. The molecule has 0 bridgehead atoms. The summed E-state index contributed by atoms with van der Waals surface area (Å²) in [6.45, 7) is 4.00. The van der Waals surface area contributed by atoms with E-state index < -0.39 is 0 Å². The van der Waals surface area contributed by atoms with Crippen molar-refractivity contribution in [2.45, 2.75) is 19.4 Å². The summed E-state index contributed by atoms with van der Waals surface area (Å²) in [6.07, 6.45) is 3.95. The summed E-state index contributed by atoms with van der Waals surface area (Å²) in [5.74, 6) is 1.09. The molecule has 1 aromatic carbocycles. The second-order valence-electron chi connectivity index (χ2n) is 3.76. The Bertz CT molecular complexity index is 364. The van der Waals surface area contributed by atoms with Gasteiger partial charge in [-0.3, -0.25) is 0 Å². The summed E-state index contributed by atoms with van der Waals surface area (Å²) in [4.78, 5) is 0. The van der Waals surface area contributed by atoms with E-state index in [0.717, 1.165) is 11.3 Å². The van der Waals surface area contributed by atoms with Crippen LogP contribution in [0.3, 0.4) is 0 Å². The van der Waals surface area contributed by atoms with Gasteiger partial charge in [0.1, 0.15) is 17.1 Å². The van der Waals surface area contributed by atoms with Crippen molar-refractivity contribution in [3.05, 3.63) is 29.8 Å². The maximum Gasteiger partial charge on any atom is 0.128 e. The van der Waals surface area contributed by atoms with Crippen molar-refractivity contribution in [3.8, 4) is 11.5 Å². The Morgan fingerprint density at radius 1 is 1.31 bits per heavy atom. The summed E-state index contributed by atoms with van der Waals surface area (Å²) in [5, 5.41) is 9.23. The lowest BCUT2D eigenvalue weighted by atomic mass is 10.0. The van der Waals surface area contributed by atoms with E-state index in [1.165, 1.54) is 0 Å². The van der Waals surface area contributed by atoms with Crippen molar-refractivity contribution in [1.82, 2.24) is 0 Å². The minimum absolute atomic E-state index is 0.246. The first-order valence-corrected chi connectivity index (χ1v) is 4.28. The Hall–Kier alpha value is -1.44. The van der Waals surface area contributed by atoms with Gasteiger partial charge in [-0.2, -0.15) is 0 Å². The van der Waals surface area contributed by atoms with Crippen LogP contribution in [-0.4, -0.2) is 10.7 Å². The first kappa shape index (κ1) is 8.17. The van der Waals surface area contributed by atoms with Crippen LogP contribution in [0.1, 0.15) is 19.4 Å². The summed E-state index contributed by atoms with van der Waals surface area (Å²) in [5.41, 5.74) is 0.684. The SMILES string of the molecule is CC1(C)C=Cc2cc(O)ccc2O1. The zero-order chi connectivity index (χ0) is 9.47. The van der Waals surface area contributed by atoms with E-state index in [4.69, 9.17) is 4.74 Å². The van der Waals surface area contributed by atoms with Gasteiger partial charge in [0.15, 0.2) is 0 Å². The van der Waals surface area contributed by atoms with Crippen LogP contribution < -0.4 is 4.74 Å². The molecule has 0 saturated heterocycles. The fourth-order valence-electron chi connectivity index (χ4n) is 1.37. The third kappa shape index (κ3) is 1.52. The highest BCUT2D eigenvalue weighted by Gasteiger charge is 2.21. The standard InChI is InChI=1S/C11H12O2/c1-11(2)6-5-8-7-9(12)3-4-10(8)13-11/h3-7,12H,1-2H3. The zero-order valence-corrected chi connectivity index (χ0v) is 7.74. The molecule has 0 spiro atoms. The highest BCUT2D eigenvalue weighted by atomic mass is 16.5. The Labute approximate surface area is 77.5 Å². The molecular weight excluding hydrogens is 164 g/mol. The van der Waals surface area contributed by atoms with E-state index in [2.05, 4.69) is 0 Å². The van der Waals surface area contributed by atoms with Crippen molar-refractivity contribution >= 4 is 6.08 Å². The fraction of sp³-hybridized carbons (Fsp3) is 0.273. The maximum atomic E-state index is 9.23. The van der Waals surface area contributed by atoms with E-state index in [-0.39, 0.29) is 11.4 Å². The fourth-order valence-corrected chi connectivity index (χ4v) is 1.37. The van der Waals surface area contributed by atoms with Gasteiger partial charge in [0.05, 0.1) is 0 Å². The molecule has 68 valence electrons. The molecule has 2 rings (SSSR count). The lowest BCUT2D eigenvalue weighted by Crippen LogP contribution is -2.27. The first-order valence-electron chi connectivity index (χ1n) is 4.28. The summed E-state index contributed by atoms with van der Waals surface area (Å²) >= 11 is 0. The zero-order valence-electron chi connectivity index (χ0n) is 7.74. The first-order chi connectivity index (χ1) is 6.07. The number of benzene rings is 1. The molecule has 0 radical (unpaired) electrons. The number of aromatic hydroxyl groups is 1. The van der Waals surface area contributed by atoms with Crippen LogP contribution >= 0.6 is 0 Å². The van der Waals surface area contributed by atoms with Gasteiger partial charge in [0.25, 0.3) is 0 Å².